The van der Waals surface area contributed by atoms with Gasteiger partial charge < -0.3 is 9.73 Å². The van der Waals surface area contributed by atoms with Gasteiger partial charge in [0.05, 0.1) is 12.6 Å². The van der Waals surface area contributed by atoms with Crippen molar-refractivity contribution < 1.29 is 13.7 Å². The number of hydrogen-bond acceptors (Lipinski definition) is 4. The highest BCUT2D eigenvalue weighted by Crippen LogP contribution is 2.21. The zero-order valence-corrected chi connectivity index (χ0v) is 11.2. The first-order valence-corrected chi connectivity index (χ1v) is 6.06. The molecule has 1 N–H and O–H groups in total. The first-order valence-electron chi connectivity index (χ1n) is 4.98. The first-order chi connectivity index (χ1) is 8.56. The summed E-state index contributed by atoms with van der Waals surface area (Å²) in [5, 5.41) is 13.4. The summed E-state index contributed by atoms with van der Waals surface area (Å²) in [6, 6.07) is 7.17. The van der Waals surface area contributed by atoms with Gasteiger partial charge in [0.1, 0.15) is 16.5 Å². The van der Waals surface area contributed by atoms with Crippen LogP contribution in [0.25, 0.3) is 0 Å². The minimum absolute atomic E-state index is 0.291. The van der Waals surface area contributed by atoms with Crippen LogP contribution >= 0.6 is 22.6 Å². The molecule has 94 valence electrons. The second-order valence-corrected chi connectivity index (χ2v) is 4.64. The molecule has 0 spiro atoms. The minimum atomic E-state index is -0.592. The molecule has 0 amide bonds. The van der Waals surface area contributed by atoms with Gasteiger partial charge in [0.25, 0.3) is 0 Å². The second-order valence-electron chi connectivity index (χ2n) is 3.47. The summed E-state index contributed by atoms with van der Waals surface area (Å²) in [6.45, 7) is 0.301. The Kier molecular flexibility index (Phi) is 3.80. The van der Waals surface area contributed by atoms with Crippen molar-refractivity contribution in [1.29, 1.82) is 0 Å². The van der Waals surface area contributed by atoms with Crippen LogP contribution < -0.4 is 5.32 Å². The van der Waals surface area contributed by atoms with Crippen LogP contribution in [0.5, 0.6) is 0 Å². The Balaban J connectivity index is 2.04. The molecule has 0 unspecified atom stereocenters. The number of furan rings is 1. The van der Waals surface area contributed by atoms with Crippen LogP contribution in [-0.4, -0.2) is 4.92 Å². The van der Waals surface area contributed by atoms with Crippen molar-refractivity contribution in [3.05, 3.63) is 55.6 Å². The van der Waals surface area contributed by atoms with E-state index in [0.29, 0.717) is 12.3 Å². The molecule has 0 fully saturated rings. The maximum Gasteiger partial charge on any atom is 0.433 e. The van der Waals surface area contributed by atoms with Crippen molar-refractivity contribution >= 4 is 34.2 Å². The van der Waals surface area contributed by atoms with Gasteiger partial charge in [0.2, 0.25) is 0 Å². The Labute approximate surface area is 115 Å². The highest BCUT2D eigenvalue weighted by atomic mass is 127. The molecule has 2 aromatic rings. The lowest BCUT2D eigenvalue weighted by Gasteiger charge is -2.06. The van der Waals surface area contributed by atoms with Crippen LogP contribution in [0.3, 0.4) is 0 Å². The third-order valence-electron chi connectivity index (χ3n) is 2.21. The molecule has 7 heteroatoms. The van der Waals surface area contributed by atoms with Gasteiger partial charge >= 0.3 is 5.88 Å². The van der Waals surface area contributed by atoms with Gasteiger partial charge in [-0.05, 0) is 46.9 Å². The summed E-state index contributed by atoms with van der Waals surface area (Å²) in [5.74, 6) is -0.152. The van der Waals surface area contributed by atoms with E-state index in [-0.39, 0.29) is 11.7 Å². The van der Waals surface area contributed by atoms with Crippen molar-refractivity contribution in [3.63, 3.8) is 0 Å². The number of hydrogen-bond donors (Lipinski definition) is 1. The summed E-state index contributed by atoms with van der Waals surface area (Å²) in [6.07, 6.45) is 0. The van der Waals surface area contributed by atoms with E-state index in [2.05, 4.69) is 5.32 Å². The second kappa shape index (κ2) is 5.34. The summed E-state index contributed by atoms with van der Waals surface area (Å²) < 4.78 is 18.6. The van der Waals surface area contributed by atoms with Gasteiger partial charge in [-0.2, -0.15) is 0 Å². The molecule has 1 aromatic carbocycles. The maximum atomic E-state index is 12.9. The van der Waals surface area contributed by atoms with Gasteiger partial charge in [-0.15, -0.1) is 0 Å². The number of nitrogens with zero attached hydrogens (tertiary/aromatic N) is 1. The topological polar surface area (TPSA) is 68.3 Å². The normalized spacial score (nSPS) is 10.3. The van der Waals surface area contributed by atoms with Gasteiger partial charge in [-0.1, -0.05) is 0 Å². The van der Waals surface area contributed by atoms with Gasteiger partial charge in [-0.25, -0.2) is 4.39 Å². The third kappa shape index (κ3) is 2.97. The molecule has 0 aliphatic carbocycles. The van der Waals surface area contributed by atoms with Crippen molar-refractivity contribution in [1.82, 2.24) is 0 Å². The predicted molar refractivity (Wildman–Crippen MR) is 71.8 cm³/mol. The van der Waals surface area contributed by atoms with Gasteiger partial charge in [0.15, 0.2) is 0 Å². The van der Waals surface area contributed by atoms with Crippen LogP contribution in [0.1, 0.15) is 5.76 Å². The van der Waals surface area contributed by atoms with Crippen molar-refractivity contribution in [2.24, 2.45) is 0 Å². The quantitative estimate of drug-likeness (QED) is 0.513. The molecule has 0 radical (unpaired) electrons. The van der Waals surface area contributed by atoms with Gasteiger partial charge in [0, 0.05) is 9.26 Å². The van der Waals surface area contributed by atoms with Crippen LogP contribution in [-0.2, 0) is 6.54 Å². The highest BCUT2D eigenvalue weighted by molar-refractivity contribution is 14.1. The summed E-state index contributed by atoms with van der Waals surface area (Å²) in [7, 11) is 0. The zero-order valence-electron chi connectivity index (χ0n) is 9.02. The average Bonchev–Trinajstić information content (AvgIpc) is 2.76. The number of rotatable bonds is 4. The molecule has 0 atom stereocenters. The van der Waals surface area contributed by atoms with E-state index in [4.69, 9.17) is 4.42 Å². The van der Waals surface area contributed by atoms with Gasteiger partial charge in [-0.3, -0.25) is 10.1 Å². The van der Waals surface area contributed by atoms with Crippen LogP contribution in [0.4, 0.5) is 16.0 Å². The van der Waals surface area contributed by atoms with E-state index < -0.39 is 4.92 Å². The molecule has 0 aliphatic heterocycles. The van der Waals surface area contributed by atoms with Crippen LogP contribution in [0.2, 0.25) is 0 Å². The highest BCUT2D eigenvalue weighted by Gasteiger charge is 2.11. The largest absolute Gasteiger partial charge is 0.433 e. The minimum Gasteiger partial charge on any atom is -0.404 e. The molecular weight excluding hydrogens is 354 g/mol. The molecule has 5 nitrogen and oxygen atoms in total. The lowest BCUT2D eigenvalue weighted by Crippen LogP contribution is -2.00. The zero-order chi connectivity index (χ0) is 13.1. The smallest absolute Gasteiger partial charge is 0.404 e. The van der Waals surface area contributed by atoms with Crippen LogP contribution in [0.15, 0.2) is 34.7 Å². The van der Waals surface area contributed by atoms with E-state index in [0.717, 1.165) is 9.26 Å². The number of nitrogens with one attached hydrogen (secondary N) is 1. The number of halogens is 2. The van der Waals surface area contributed by atoms with E-state index in [1.807, 2.05) is 22.6 Å². The van der Waals surface area contributed by atoms with E-state index >= 15 is 0 Å². The fourth-order valence-corrected chi connectivity index (χ4v) is 2.04. The Morgan fingerprint density at radius 3 is 2.78 bits per heavy atom. The maximum absolute atomic E-state index is 12.9. The lowest BCUT2D eigenvalue weighted by molar-refractivity contribution is -0.402. The van der Waals surface area contributed by atoms with Crippen molar-refractivity contribution in [2.45, 2.75) is 6.54 Å². The van der Waals surface area contributed by atoms with E-state index in [1.54, 1.807) is 6.07 Å². The number of benzene rings is 1. The predicted octanol–water partition coefficient (Wildman–Crippen LogP) is 3.54. The molecule has 18 heavy (non-hydrogen) atoms. The summed E-state index contributed by atoms with van der Waals surface area (Å²) >= 11 is 2.00. The Morgan fingerprint density at radius 2 is 2.17 bits per heavy atom. The standard InChI is InChI=1S/C11H8FIN2O3/c12-7-1-3-10(9(13)5-7)14-6-8-2-4-11(18-8)15(16)17/h1-5,14H,6H2. The van der Waals surface area contributed by atoms with E-state index in [9.17, 15) is 14.5 Å². The Hall–Kier alpha value is -1.64. The number of nitro groups is 1. The summed E-state index contributed by atoms with van der Waals surface area (Å²) in [5.41, 5.74) is 0.746. The molecule has 1 heterocycles. The van der Waals surface area contributed by atoms with Crippen LogP contribution in [0, 0.1) is 19.5 Å². The molecule has 0 saturated carbocycles. The van der Waals surface area contributed by atoms with E-state index in [1.165, 1.54) is 24.3 Å². The molecule has 0 saturated heterocycles. The fraction of sp³-hybridized carbons (Fsp3) is 0.0909. The third-order valence-corrected chi connectivity index (χ3v) is 3.10. The average molecular weight is 362 g/mol. The molecule has 0 bridgehead atoms. The Bertz CT molecular complexity index is 585. The Morgan fingerprint density at radius 1 is 1.39 bits per heavy atom. The molecule has 1 aromatic heterocycles. The molecule has 0 aliphatic rings. The summed E-state index contributed by atoms with van der Waals surface area (Å²) in [4.78, 5) is 9.84. The SMILES string of the molecule is O=[N+]([O-])c1ccc(CNc2ccc(F)cc2I)o1. The molecule has 2 rings (SSSR count). The number of anilines is 1. The first kappa shape index (κ1) is 12.8. The van der Waals surface area contributed by atoms with Crippen molar-refractivity contribution in [3.8, 4) is 0 Å². The van der Waals surface area contributed by atoms with Crippen molar-refractivity contribution in [2.75, 3.05) is 5.32 Å². The lowest BCUT2D eigenvalue weighted by atomic mass is 10.3. The fourth-order valence-electron chi connectivity index (χ4n) is 1.37. The monoisotopic (exact) mass is 362 g/mol. The molecular formula is C11H8FIN2O3.